The Morgan fingerprint density at radius 2 is 1.95 bits per heavy atom. The van der Waals surface area contributed by atoms with Gasteiger partial charge in [-0.1, -0.05) is 44.2 Å². The van der Waals surface area contributed by atoms with Crippen molar-refractivity contribution in [2.24, 2.45) is 5.92 Å². The molecule has 0 saturated carbocycles. The Balaban J connectivity index is 2.10. The Kier molecular flexibility index (Phi) is 6.00. The predicted octanol–water partition coefficient (Wildman–Crippen LogP) is 5.16. The lowest BCUT2D eigenvalue weighted by molar-refractivity contribution is -0.138. The Hall–Kier alpha value is -1.83. The van der Waals surface area contributed by atoms with E-state index < -0.39 is 0 Å². The minimum atomic E-state index is -0.204. The molecule has 118 valence electrons. The SMILES string of the molecule is CC1=C(c2ccccc2)CCCC1=CC(=O)OCCC(C)C. The maximum atomic E-state index is 12.0. The van der Waals surface area contributed by atoms with Gasteiger partial charge < -0.3 is 4.74 Å². The number of benzene rings is 1. The molecular weight excluding hydrogens is 272 g/mol. The molecule has 2 heteroatoms. The van der Waals surface area contributed by atoms with Gasteiger partial charge in [-0.3, -0.25) is 0 Å². The smallest absolute Gasteiger partial charge is 0.331 e. The Morgan fingerprint density at radius 1 is 1.23 bits per heavy atom. The van der Waals surface area contributed by atoms with Crippen LogP contribution in [0.5, 0.6) is 0 Å². The summed E-state index contributed by atoms with van der Waals surface area (Å²) < 4.78 is 5.31. The van der Waals surface area contributed by atoms with Gasteiger partial charge in [0.15, 0.2) is 0 Å². The molecule has 0 amide bonds. The number of hydrogen-bond acceptors (Lipinski definition) is 2. The van der Waals surface area contributed by atoms with Crippen molar-refractivity contribution in [3.8, 4) is 0 Å². The first-order valence-corrected chi connectivity index (χ1v) is 8.21. The maximum absolute atomic E-state index is 12.0. The summed E-state index contributed by atoms with van der Waals surface area (Å²) in [4.78, 5) is 12.0. The van der Waals surface area contributed by atoms with Crippen LogP contribution in [-0.2, 0) is 9.53 Å². The standard InChI is InChI=1S/C20H26O2/c1-15(2)12-13-22-20(21)14-18-10-7-11-19(16(18)3)17-8-5-4-6-9-17/h4-6,8-9,14-15H,7,10-13H2,1-3H3. The average Bonchev–Trinajstić information content (AvgIpc) is 2.50. The molecule has 0 N–H and O–H groups in total. The van der Waals surface area contributed by atoms with E-state index in [1.165, 1.54) is 16.7 Å². The number of allylic oxidation sites excluding steroid dienone is 3. The number of ether oxygens (including phenoxy) is 1. The fraction of sp³-hybridized carbons (Fsp3) is 0.450. The molecule has 0 aliphatic heterocycles. The highest BCUT2D eigenvalue weighted by atomic mass is 16.5. The van der Waals surface area contributed by atoms with Crippen LogP contribution >= 0.6 is 0 Å². The van der Waals surface area contributed by atoms with E-state index in [-0.39, 0.29) is 5.97 Å². The van der Waals surface area contributed by atoms with Crippen LogP contribution in [0.3, 0.4) is 0 Å². The van der Waals surface area contributed by atoms with Gasteiger partial charge in [-0.25, -0.2) is 4.79 Å². The number of esters is 1. The van der Waals surface area contributed by atoms with E-state index in [9.17, 15) is 4.79 Å². The zero-order valence-corrected chi connectivity index (χ0v) is 13.9. The number of carbonyl (C=O) groups excluding carboxylic acids is 1. The van der Waals surface area contributed by atoms with Crippen molar-refractivity contribution in [2.75, 3.05) is 6.61 Å². The quantitative estimate of drug-likeness (QED) is 0.554. The lowest BCUT2D eigenvalue weighted by Crippen LogP contribution is -2.08. The van der Waals surface area contributed by atoms with Crippen molar-refractivity contribution >= 4 is 11.5 Å². The topological polar surface area (TPSA) is 26.3 Å². The summed E-state index contributed by atoms with van der Waals surface area (Å²) in [7, 11) is 0. The summed E-state index contributed by atoms with van der Waals surface area (Å²) >= 11 is 0. The molecule has 1 aromatic rings. The summed E-state index contributed by atoms with van der Waals surface area (Å²) in [5.74, 6) is 0.353. The Morgan fingerprint density at radius 3 is 2.64 bits per heavy atom. The molecule has 0 aromatic heterocycles. The molecule has 0 saturated heterocycles. The second-order valence-corrected chi connectivity index (χ2v) is 6.34. The third-order valence-electron chi connectivity index (χ3n) is 4.16. The zero-order chi connectivity index (χ0) is 15.9. The van der Waals surface area contributed by atoms with E-state index in [4.69, 9.17) is 4.74 Å². The van der Waals surface area contributed by atoms with Crippen LogP contribution in [0, 0.1) is 5.92 Å². The monoisotopic (exact) mass is 298 g/mol. The van der Waals surface area contributed by atoms with Crippen LogP contribution in [0.15, 0.2) is 47.6 Å². The van der Waals surface area contributed by atoms with Crippen molar-refractivity contribution in [3.63, 3.8) is 0 Å². The summed E-state index contributed by atoms with van der Waals surface area (Å²) in [5.41, 5.74) is 4.98. The van der Waals surface area contributed by atoms with E-state index >= 15 is 0 Å². The van der Waals surface area contributed by atoms with E-state index in [1.807, 2.05) is 6.07 Å². The molecule has 0 fully saturated rings. The summed E-state index contributed by atoms with van der Waals surface area (Å²) in [6, 6.07) is 10.4. The average molecular weight is 298 g/mol. The molecule has 0 bridgehead atoms. The van der Waals surface area contributed by atoms with Crippen molar-refractivity contribution in [3.05, 3.63) is 53.1 Å². The molecule has 1 aliphatic rings. The molecule has 1 aliphatic carbocycles. The molecule has 1 aromatic carbocycles. The molecule has 0 radical (unpaired) electrons. The number of hydrogen-bond donors (Lipinski definition) is 0. The van der Waals surface area contributed by atoms with Crippen molar-refractivity contribution in [1.29, 1.82) is 0 Å². The van der Waals surface area contributed by atoms with Gasteiger partial charge in [0, 0.05) is 6.08 Å². The molecule has 0 unspecified atom stereocenters. The zero-order valence-electron chi connectivity index (χ0n) is 13.9. The van der Waals surface area contributed by atoms with Crippen LogP contribution in [-0.4, -0.2) is 12.6 Å². The lowest BCUT2D eigenvalue weighted by atomic mass is 9.84. The maximum Gasteiger partial charge on any atom is 0.331 e. The number of carbonyl (C=O) groups is 1. The van der Waals surface area contributed by atoms with Gasteiger partial charge in [0.2, 0.25) is 0 Å². The number of rotatable bonds is 5. The molecule has 0 atom stereocenters. The van der Waals surface area contributed by atoms with Crippen LogP contribution in [0.1, 0.15) is 52.0 Å². The third kappa shape index (κ3) is 4.59. The normalized spacial score (nSPS) is 17.2. The first-order chi connectivity index (χ1) is 10.6. The van der Waals surface area contributed by atoms with Crippen molar-refractivity contribution < 1.29 is 9.53 Å². The fourth-order valence-electron chi connectivity index (χ4n) is 2.78. The van der Waals surface area contributed by atoms with E-state index in [2.05, 4.69) is 45.0 Å². The van der Waals surface area contributed by atoms with Crippen LogP contribution < -0.4 is 0 Å². The second-order valence-electron chi connectivity index (χ2n) is 6.34. The van der Waals surface area contributed by atoms with E-state index in [1.54, 1.807) is 6.08 Å². The van der Waals surface area contributed by atoms with Gasteiger partial charge in [0.1, 0.15) is 0 Å². The highest BCUT2D eigenvalue weighted by molar-refractivity contribution is 5.85. The molecule has 0 spiro atoms. The van der Waals surface area contributed by atoms with Gasteiger partial charge in [0.25, 0.3) is 0 Å². The Bertz CT molecular complexity index is 565. The van der Waals surface area contributed by atoms with Crippen LogP contribution in [0.25, 0.3) is 5.57 Å². The van der Waals surface area contributed by atoms with Crippen molar-refractivity contribution in [2.45, 2.75) is 46.5 Å². The minimum absolute atomic E-state index is 0.204. The highest BCUT2D eigenvalue weighted by Crippen LogP contribution is 2.35. The Labute approximate surface area is 133 Å². The van der Waals surface area contributed by atoms with Gasteiger partial charge >= 0.3 is 5.97 Å². The molecule has 22 heavy (non-hydrogen) atoms. The van der Waals surface area contributed by atoms with Crippen LogP contribution in [0.2, 0.25) is 0 Å². The van der Waals surface area contributed by atoms with Crippen LogP contribution in [0.4, 0.5) is 0 Å². The molecule has 0 heterocycles. The van der Waals surface area contributed by atoms with E-state index in [0.29, 0.717) is 12.5 Å². The van der Waals surface area contributed by atoms with Gasteiger partial charge in [-0.05, 0) is 60.8 Å². The summed E-state index contributed by atoms with van der Waals surface area (Å²) in [5, 5.41) is 0. The van der Waals surface area contributed by atoms with E-state index in [0.717, 1.165) is 31.3 Å². The molecule has 2 nitrogen and oxygen atoms in total. The summed E-state index contributed by atoms with van der Waals surface area (Å²) in [6.45, 7) is 6.89. The first-order valence-electron chi connectivity index (χ1n) is 8.21. The van der Waals surface area contributed by atoms with Gasteiger partial charge in [-0.15, -0.1) is 0 Å². The third-order valence-corrected chi connectivity index (χ3v) is 4.16. The minimum Gasteiger partial charge on any atom is -0.463 e. The largest absolute Gasteiger partial charge is 0.463 e. The van der Waals surface area contributed by atoms with Crippen molar-refractivity contribution in [1.82, 2.24) is 0 Å². The highest BCUT2D eigenvalue weighted by Gasteiger charge is 2.16. The lowest BCUT2D eigenvalue weighted by Gasteiger charge is -2.21. The second kappa shape index (κ2) is 7.98. The first kappa shape index (κ1) is 16.5. The van der Waals surface area contributed by atoms with Gasteiger partial charge in [-0.2, -0.15) is 0 Å². The van der Waals surface area contributed by atoms with Gasteiger partial charge in [0.05, 0.1) is 6.61 Å². The molecular formula is C20H26O2. The predicted molar refractivity (Wildman–Crippen MR) is 91.4 cm³/mol. The summed E-state index contributed by atoms with van der Waals surface area (Å²) in [6.07, 6.45) is 5.74. The fourth-order valence-corrected chi connectivity index (χ4v) is 2.78. The molecule has 2 rings (SSSR count).